The van der Waals surface area contributed by atoms with Crippen molar-refractivity contribution in [2.45, 2.75) is 13.8 Å². The van der Waals surface area contributed by atoms with E-state index >= 15 is 0 Å². The molecule has 0 unspecified atom stereocenters. The van der Waals surface area contributed by atoms with E-state index in [1.54, 1.807) is 18.2 Å². The molecule has 6 nitrogen and oxygen atoms in total. The van der Waals surface area contributed by atoms with Gasteiger partial charge in [-0.2, -0.15) is 5.10 Å². The minimum absolute atomic E-state index is 0.0941. The average molecular weight is 348 g/mol. The lowest BCUT2D eigenvalue weighted by molar-refractivity contribution is 0.337. The Bertz CT molecular complexity index is 911. The maximum Gasteiger partial charge on any atom is 0.244 e. The molecule has 2 aromatic carbocycles. The second kappa shape index (κ2) is 8.11. The number of nitrogens with one attached hydrogen (secondary N) is 1. The lowest BCUT2D eigenvalue weighted by Crippen LogP contribution is -2.00. The molecule has 0 radical (unpaired) electrons. The number of ether oxygens (including phenoxy) is 1. The molecular formula is C20H20N4O2. The Morgan fingerprint density at radius 3 is 2.65 bits per heavy atom. The van der Waals surface area contributed by atoms with E-state index in [0.29, 0.717) is 23.9 Å². The fraction of sp³-hybridized carbons (Fsp3) is 0.150. The van der Waals surface area contributed by atoms with Gasteiger partial charge in [0.2, 0.25) is 5.95 Å². The van der Waals surface area contributed by atoms with E-state index < -0.39 is 0 Å². The van der Waals surface area contributed by atoms with Crippen LogP contribution in [0.5, 0.6) is 11.5 Å². The second-order valence-corrected chi connectivity index (χ2v) is 5.61. The van der Waals surface area contributed by atoms with Crippen LogP contribution in [0.25, 0.3) is 11.3 Å². The molecule has 0 amide bonds. The Morgan fingerprint density at radius 2 is 1.92 bits per heavy atom. The van der Waals surface area contributed by atoms with Gasteiger partial charge in [-0.1, -0.05) is 30.3 Å². The van der Waals surface area contributed by atoms with Crippen LogP contribution in [-0.4, -0.2) is 27.9 Å². The number of benzene rings is 2. The summed E-state index contributed by atoms with van der Waals surface area (Å²) >= 11 is 0. The van der Waals surface area contributed by atoms with Gasteiger partial charge in [0, 0.05) is 22.9 Å². The Balaban J connectivity index is 1.75. The summed E-state index contributed by atoms with van der Waals surface area (Å²) in [6, 6.07) is 16.9. The molecular weight excluding hydrogens is 328 g/mol. The van der Waals surface area contributed by atoms with Crippen molar-refractivity contribution in [3.8, 4) is 22.8 Å². The van der Waals surface area contributed by atoms with Gasteiger partial charge in [-0.15, -0.1) is 0 Å². The Kier molecular flexibility index (Phi) is 5.43. The number of aryl methyl sites for hydroxylation is 1. The van der Waals surface area contributed by atoms with E-state index in [1.807, 2.05) is 50.2 Å². The summed E-state index contributed by atoms with van der Waals surface area (Å²) in [5.74, 6) is 1.10. The molecule has 26 heavy (non-hydrogen) atoms. The highest BCUT2D eigenvalue weighted by molar-refractivity contribution is 5.84. The maximum atomic E-state index is 10.0. The highest BCUT2D eigenvalue weighted by Gasteiger charge is 2.04. The summed E-state index contributed by atoms with van der Waals surface area (Å²) in [5.41, 5.74) is 6.04. The predicted octanol–water partition coefficient (Wildman–Crippen LogP) is 4.00. The van der Waals surface area contributed by atoms with Crippen LogP contribution in [-0.2, 0) is 0 Å². The number of anilines is 1. The standard InChI is InChI=1S/C20H20N4O2/c1-3-26-17-10-9-16(19(25)12-17)13-21-24-20-22-14(2)11-18(23-20)15-7-5-4-6-8-15/h4-13,25H,3H2,1-2H3,(H,22,23,24)/b21-13-. The Hall–Kier alpha value is -3.41. The van der Waals surface area contributed by atoms with Crippen LogP contribution in [0.3, 0.4) is 0 Å². The molecule has 0 aliphatic carbocycles. The van der Waals surface area contributed by atoms with Crippen LogP contribution < -0.4 is 10.2 Å². The number of phenolic OH excluding ortho intramolecular Hbond substituents is 1. The lowest BCUT2D eigenvalue weighted by Gasteiger charge is -2.06. The van der Waals surface area contributed by atoms with Crippen molar-refractivity contribution in [1.29, 1.82) is 0 Å². The fourth-order valence-electron chi connectivity index (χ4n) is 2.42. The average Bonchev–Trinajstić information content (AvgIpc) is 2.64. The number of rotatable bonds is 6. The van der Waals surface area contributed by atoms with E-state index in [9.17, 15) is 5.11 Å². The van der Waals surface area contributed by atoms with Gasteiger partial charge in [-0.05, 0) is 32.0 Å². The molecule has 0 bridgehead atoms. The van der Waals surface area contributed by atoms with Crippen LogP contribution in [0.4, 0.5) is 5.95 Å². The molecule has 0 fully saturated rings. The molecule has 6 heteroatoms. The molecule has 0 aliphatic heterocycles. The highest BCUT2D eigenvalue weighted by Crippen LogP contribution is 2.22. The van der Waals surface area contributed by atoms with Crippen LogP contribution in [0.15, 0.2) is 59.7 Å². The Labute approximate surface area is 152 Å². The molecule has 0 spiro atoms. The van der Waals surface area contributed by atoms with Gasteiger partial charge < -0.3 is 9.84 Å². The zero-order chi connectivity index (χ0) is 18.4. The quantitative estimate of drug-likeness (QED) is 0.520. The number of phenols is 1. The third-order valence-corrected chi connectivity index (χ3v) is 3.60. The van der Waals surface area contributed by atoms with Crippen molar-refractivity contribution in [2.24, 2.45) is 5.10 Å². The van der Waals surface area contributed by atoms with Crippen molar-refractivity contribution in [1.82, 2.24) is 9.97 Å². The first kappa shape index (κ1) is 17.4. The number of hydrogen-bond acceptors (Lipinski definition) is 6. The molecule has 0 saturated heterocycles. The largest absolute Gasteiger partial charge is 0.507 e. The molecule has 2 N–H and O–H groups in total. The molecule has 3 rings (SSSR count). The Morgan fingerprint density at radius 1 is 1.12 bits per heavy atom. The normalized spacial score (nSPS) is 10.8. The molecule has 0 atom stereocenters. The van der Waals surface area contributed by atoms with Gasteiger partial charge in [0.1, 0.15) is 11.5 Å². The molecule has 132 valence electrons. The van der Waals surface area contributed by atoms with Crippen LogP contribution in [0, 0.1) is 6.92 Å². The van der Waals surface area contributed by atoms with Crippen LogP contribution in [0.2, 0.25) is 0 Å². The summed E-state index contributed by atoms with van der Waals surface area (Å²) in [5, 5.41) is 14.1. The predicted molar refractivity (Wildman–Crippen MR) is 103 cm³/mol. The summed E-state index contributed by atoms with van der Waals surface area (Å²) in [4.78, 5) is 8.81. The minimum atomic E-state index is 0.0941. The van der Waals surface area contributed by atoms with Crippen molar-refractivity contribution in [2.75, 3.05) is 12.0 Å². The van der Waals surface area contributed by atoms with Crippen LogP contribution >= 0.6 is 0 Å². The number of hydrazone groups is 1. The summed E-state index contributed by atoms with van der Waals surface area (Å²) in [6.45, 7) is 4.34. The summed E-state index contributed by atoms with van der Waals surface area (Å²) in [7, 11) is 0. The third kappa shape index (κ3) is 4.36. The topological polar surface area (TPSA) is 79.6 Å². The summed E-state index contributed by atoms with van der Waals surface area (Å²) in [6.07, 6.45) is 1.51. The molecule has 1 heterocycles. The van der Waals surface area contributed by atoms with Gasteiger partial charge in [-0.25, -0.2) is 15.4 Å². The maximum absolute atomic E-state index is 10.0. The van der Waals surface area contributed by atoms with Crippen LogP contribution in [0.1, 0.15) is 18.2 Å². The van der Waals surface area contributed by atoms with E-state index in [1.165, 1.54) is 6.21 Å². The smallest absolute Gasteiger partial charge is 0.244 e. The van der Waals surface area contributed by atoms with E-state index in [2.05, 4.69) is 20.5 Å². The minimum Gasteiger partial charge on any atom is -0.507 e. The van der Waals surface area contributed by atoms with Gasteiger partial charge in [0.15, 0.2) is 0 Å². The van der Waals surface area contributed by atoms with E-state index in [4.69, 9.17) is 4.74 Å². The number of aromatic hydroxyl groups is 1. The fourth-order valence-corrected chi connectivity index (χ4v) is 2.42. The lowest BCUT2D eigenvalue weighted by atomic mass is 10.1. The van der Waals surface area contributed by atoms with Crippen molar-refractivity contribution < 1.29 is 9.84 Å². The monoisotopic (exact) mass is 348 g/mol. The van der Waals surface area contributed by atoms with Crippen molar-refractivity contribution >= 4 is 12.2 Å². The number of nitrogens with zero attached hydrogens (tertiary/aromatic N) is 3. The summed E-state index contributed by atoms with van der Waals surface area (Å²) < 4.78 is 5.34. The van der Waals surface area contributed by atoms with E-state index in [-0.39, 0.29) is 5.75 Å². The van der Waals surface area contributed by atoms with Crippen molar-refractivity contribution in [3.05, 3.63) is 65.9 Å². The molecule has 0 aliphatic rings. The first-order chi connectivity index (χ1) is 12.7. The number of aromatic nitrogens is 2. The van der Waals surface area contributed by atoms with Crippen molar-refractivity contribution in [3.63, 3.8) is 0 Å². The first-order valence-corrected chi connectivity index (χ1v) is 8.31. The van der Waals surface area contributed by atoms with Gasteiger partial charge in [0.05, 0.1) is 18.5 Å². The molecule has 1 aromatic heterocycles. The van der Waals surface area contributed by atoms with Gasteiger partial charge in [-0.3, -0.25) is 0 Å². The second-order valence-electron chi connectivity index (χ2n) is 5.61. The van der Waals surface area contributed by atoms with E-state index in [0.717, 1.165) is 17.0 Å². The third-order valence-electron chi connectivity index (χ3n) is 3.60. The van der Waals surface area contributed by atoms with Gasteiger partial charge in [0.25, 0.3) is 0 Å². The number of hydrogen-bond donors (Lipinski definition) is 2. The zero-order valence-corrected chi connectivity index (χ0v) is 14.7. The highest BCUT2D eigenvalue weighted by atomic mass is 16.5. The van der Waals surface area contributed by atoms with Gasteiger partial charge >= 0.3 is 0 Å². The first-order valence-electron chi connectivity index (χ1n) is 8.31. The molecule has 0 saturated carbocycles. The SMILES string of the molecule is CCOc1ccc(/C=N\Nc2nc(C)cc(-c3ccccc3)n2)c(O)c1. The zero-order valence-electron chi connectivity index (χ0n) is 14.7. The molecule has 3 aromatic rings.